The summed E-state index contributed by atoms with van der Waals surface area (Å²) >= 11 is 1.51. The maximum atomic E-state index is 14.3. The fourth-order valence-corrected chi connectivity index (χ4v) is 8.40. The zero-order chi connectivity index (χ0) is 40.7. The number of nitrogens with one attached hydrogen (secondary N) is 5. The van der Waals surface area contributed by atoms with Gasteiger partial charge in [0.25, 0.3) is 0 Å². The van der Waals surface area contributed by atoms with E-state index in [9.17, 15) is 38.7 Å². The van der Waals surface area contributed by atoms with Gasteiger partial charge in [-0.15, -0.1) is 0 Å². The monoisotopic (exact) mass is 793 g/mol. The maximum absolute atomic E-state index is 14.3. The molecule has 7 atom stereocenters. The molecule has 0 aromatic heterocycles. The van der Waals surface area contributed by atoms with Crippen LogP contribution < -0.4 is 26.6 Å². The first-order valence-corrected chi connectivity index (χ1v) is 21.8. The highest BCUT2D eigenvalue weighted by molar-refractivity contribution is 7.98. The van der Waals surface area contributed by atoms with Crippen molar-refractivity contribution in [3.05, 3.63) is 0 Å². The number of piperidine rings is 1. The maximum Gasteiger partial charge on any atom is 0.246 e. The van der Waals surface area contributed by atoms with Crippen molar-refractivity contribution in [2.45, 2.75) is 160 Å². The lowest BCUT2D eigenvalue weighted by atomic mass is 9.84. The largest absolute Gasteiger partial charge is 0.391 e. The van der Waals surface area contributed by atoms with E-state index in [0.29, 0.717) is 76.1 Å². The van der Waals surface area contributed by atoms with Crippen LogP contribution in [0.5, 0.6) is 0 Å². The van der Waals surface area contributed by atoms with Gasteiger partial charge in [0.05, 0.1) is 6.10 Å². The SMILES string of the molecule is CCCNC(=O)[C@@H](NC(=O)[C@@H]1CCCN1C(=O)[C@H](CCSC)NC(=O)[C@@H]1CCCCN1C(=O)[C@@H](NC(=O)[C@H](CC1CCCCC1)NC(C)=O)C(C)C)C(C)O. The Labute approximate surface area is 331 Å². The number of likely N-dealkylation sites (tertiary alicyclic amines) is 2. The fraction of sp³-hybridized carbons (Fsp3) is 0.821. The predicted molar refractivity (Wildman–Crippen MR) is 211 cm³/mol. The molecule has 1 aliphatic carbocycles. The zero-order valence-electron chi connectivity index (χ0n) is 33.8. The van der Waals surface area contributed by atoms with Crippen molar-refractivity contribution in [2.24, 2.45) is 11.8 Å². The number of rotatable bonds is 19. The zero-order valence-corrected chi connectivity index (χ0v) is 34.6. The minimum Gasteiger partial charge on any atom is -0.391 e. The van der Waals surface area contributed by atoms with Crippen LogP contribution in [0.25, 0.3) is 0 Å². The molecular weight excluding hydrogens is 727 g/mol. The molecule has 55 heavy (non-hydrogen) atoms. The first-order valence-electron chi connectivity index (χ1n) is 20.4. The molecule has 312 valence electrons. The van der Waals surface area contributed by atoms with E-state index in [0.717, 1.165) is 32.1 Å². The molecule has 0 aromatic carbocycles. The summed E-state index contributed by atoms with van der Waals surface area (Å²) in [6, 6.07) is -5.62. The van der Waals surface area contributed by atoms with E-state index < -0.39 is 71.9 Å². The Morgan fingerprint density at radius 3 is 1.91 bits per heavy atom. The molecule has 2 saturated heterocycles. The van der Waals surface area contributed by atoms with Crippen LogP contribution in [0.4, 0.5) is 0 Å². The number of aliphatic hydroxyl groups is 1. The smallest absolute Gasteiger partial charge is 0.246 e. The number of amides is 7. The first kappa shape index (κ1) is 46.0. The summed E-state index contributed by atoms with van der Waals surface area (Å²) < 4.78 is 0. The molecule has 3 rings (SSSR count). The number of carbonyl (C=O) groups is 7. The van der Waals surface area contributed by atoms with Crippen LogP contribution >= 0.6 is 11.8 Å². The molecule has 3 aliphatic rings. The molecule has 1 saturated carbocycles. The standard InChI is InChI=1S/C39H67N7O8S/c1-7-19-40-37(52)33(25(4)47)44-36(51)31-17-13-21-45(31)38(53)28(18-22-55-6)42-35(50)30-16-11-12-20-46(30)39(54)32(24(2)3)43-34(49)29(41-26(5)48)23-27-14-9-8-10-15-27/h24-25,27-33,47H,7-23H2,1-6H3,(H,40,52)(H,41,48)(H,42,50)(H,43,49)(H,44,51)/t25?,28-,29-,30-,31-,32-,33-/m0/s1. The molecule has 2 heterocycles. The van der Waals surface area contributed by atoms with E-state index in [4.69, 9.17) is 0 Å². The normalized spacial score (nSPS) is 21.8. The van der Waals surface area contributed by atoms with Crippen LogP contribution in [0, 0.1) is 11.8 Å². The van der Waals surface area contributed by atoms with E-state index in [1.54, 1.807) is 0 Å². The van der Waals surface area contributed by atoms with Crippen molar-refractivity contribution >= 4 is 53.1 Å². The summed E-state index contributed by atoms with van der Waals surface area (Å²) in [6.45, 7) is 9.32. The molecule has 7 amide bonds. The molecule has 6 N–H and O–H groups in total. The lowest BCUT2D eigenvalue weighted by Crippen LogP contribution is -2.62. The molecule has 0 bridgehead atoms. The Hall–Kier alpha value is -3.40. The predicted octanol–water partition coefficient (Wildman–Crippen LogP) is 1.60. The number of thioether (sulfide) groups is 1. The quantitative estimate of drug-likeness (QED) is 0.112. The van der Waals surface area contributed by atoms with Crippen LogP contribution in [-0.4, -0.2) is 130 Å². The molecule has 0 spiro atoms. The van der Waals surface area contributed by atoms with Crippen LogP contribution in [0.3, 0.4) is 0 Å². The summed E-state index contributed by atoms with van der Waals surface area (Å²) in [7, 11) is 0. The molecule has 0 aromatic rings. The van der Waals surface area contributed by atoms with Crippen LogP contribution in [-0.2, 0) is 33.6 Å². The van der Waals surface area contributed by atoms with Crippen LogP contribution in [0.1, 0.15) is 118 Å². The summed E-state index contributed by atoms with van der Waals surface area (Å²) in [4.78, 5) is 97.4. The highest BCUT2D eigenvalue weighted by Crippen LogP contribution is 2.28. The first-order chi connectivity index (χ1) is 26.2. The Kier molecular flexibility index (Phi) is 19.2. The third-order valence-corrected chi connectivity index (χ3v) is 11.6. The van der Waals surface area contributed by atoms with Crippen molar-refractivity contribution in [1.82, 2.24) is 36.4 Å². The van der Waals surface area contributed by atoms with Crippen LogP contribution in [0.15, 0.2) is 0 Å². The summed E-state index contributed by atoms with van der Waals surface area (Å²) in [5, 5.41) is 24.2. The number of hydrogen-bond donors (Lipinski definition) is 6. The number of hydrogen-bond acceptors (Lipinski definition) is 9. The second kappa shape index (κ2) is 23.0. The van der Waals surface area contributed by atoms with Crippen molar-refractivity contribution in [3.63, 3.8) is 0 Å². The second-order valence-corrected chi connectivity index (χ2v) is 16.8. The minimum absolute atomic E-state index is 0.286. The minimum atomic E-state index is -1.19. The Morgan fingerprint density at radius 1 is 0.709 bits per heavy atom. The Bertz CT molecular complexity index is 1330. The van der Waals surface area contributed by atoms with Gasteiger partial charge in [0.15, 0.2) is 0 Å². The van der Waals surface area contributed by atoms with Gasteiger partial charge in [-0.3, -0.25) is 33.6 Å². The van der Waals surface area contributed by atoms with E-state index in [2.05, 4.69) is 26.6 Å². The van der Waals surface area contributed by atoms with E-state index in [1.807, 2.05) is 27.0 Å². The third-order valence-electron chi connectivity index (χ3n) is 11.0. The van der Waals surface area contributed by atoms with E-state index >= 15 is 0 Å². The second-order valence-electron chi connectivity index (χ2n) is 15.8. The molecule has 16 heteroatoms. The van der Waals surface area contributed by atoms with Crippen LogP contribution in [0.2, 0.25) is 0 Å². The van der Waals surface area contributed by atoms with Gasteiger partial charge in [-0.05, 0) is 82.1 Å². The van der Waals surface area contributed by atoms with Gasteiger partial charge >= 0.3 is 0 Å². The lowest BCUT2D eigenvalue weighted by molar-refractivity contribution is -0.148. The molecule has 15 nitrogen and oxygen atoms in total. The molecule has 0 radical (unpaired) electrons. The summed E-state index contributed by atoms with van der Waals surface area (Å²) in [5.74, 6) is -2.54. The average Bonchev–Trinajstić information content (AvgIpc) is 3.66. The average molecular weight is 794 g/mol. The van der Waals surface area contributed by atoms with Crippen molar-refractivity contribution < 1.29 is 38.7 Å². The van der Waals surface area contributed by atoms with Gasteiger partial charge in [-0.1, -0.05) is 52.9 Å². The van der Waals surface area contributed by atoms with E-state index in [1.165, 1.54) is 35.4 Å². The molecular formula is C39H67N7O8S. The molecule has 3 fully saturated rings. The molecule has 1 unspecified atom stereocenters. The summed E-state index contributed by atoms with van der Waals surface area (Å²) in [6.07, 6.45) is 10.2. The van der Waals surface area contributed by atoms with Gasteiger partial charge in [-0.2, -0.15) is 11.8 Å². The van der Waals surface area contributed by atoms with E-state index in [-0.39, 0.29) is 24.3 Å². The van der Waals surface area contributed by atoms with Gasteiger partial charge in [0.1, 0.15) is 36.3 Å². The van der Waals surface area contributed by atoms with Gasteiger partial charge in [0.2, 0.25) is 41.4 Å². The fourth-order valence-electron chi connectivity index (χ4n) is 7.92. The van der Waals surface area contributed by atoms with Crippen molar-refractivity contribution in [2.75, 3.05) is 31.6 Å². The highest BCUT2D eigenvalue weighted by Gasteiger charge is 2.42. The van der Waals surface area contributed by atoms with Crippen molar-refractivity contribution in [3.8, 4) is 0 Å². The third kappa shape index (κ3) is 13.6. The lowest BCUT2D eigenvalue weighted by Gasteiger charge is -2.39. The Balaban J connectivity index is 1.76. The summed E-state index contributed by atoms with van der Waals surface area (Å²) in [5.41, 5.74) is 0. The topological polar surface area (TPSA) is 206 Å². The Morgan fingerprint density at radius 2 is 1.31 bits per heavy atom. The van der Waals surface area contributed by atoms with Gasteiger partial charge < -0.3 is 41.5 Å². The van der Waals surface area contributed by atoms with Crippen molar-refractivity contribution in [1.29, 1.82) is 0 Å². The van der Waals surface area contributed by atoms with Gasteiger partial charge in [-0.25, -0.2) is 0 Å². The molecule has 2 aliphatic heterocycles. The number of carbonyl (C=O) groups excluding carboxylic acids is 7. The number of aliphatic hydroxyl groups excluding tert-OH is 1. The number of nitrogens with zero attached hydrogens (tertiary/aromatic N) is 2. The van der Waals surface area contributed by atoms with Gasteiger partial charge in [0, 0.05) is 26.6 Å². The highest BCUT2D eigenvalue weighted by atomic mass is 32.2.